The maximum atomic E-state index is 12.7. The Bertz CT molecular complexity index is 1210. The molecule has 0 aliphatic carbocycles. The Kier molecular flexibility index (Phi) is 6.89. The van der Waals surface area contributed by atoms with Crippen molar-refractivity contribution in [2.24, 2.45) is 0 Å². The van der Waals surface area contributed by atoms with Gasteiger partial charge >= 0.3 is 0 Å². The van der Waals surface area contributed by atoms with Crippen molar-refractivity contribution < 1.29 is 4.79 Å². The van der Waals surface area contributed by atoms with E-state index in [1.165, 1.54) is 39.1 Å². The number of hydrogen-bond donors (Lipinski definition) is 1. The molecule has 1 unspecified atom stereocenters. The summed E-state index contributed by atoms with van der Waals surface area (Å²) < 4.78 is 1.53. The van der Waals surface area contributed by atoms with Crippen molar-refractivity contribution in [1.82, 2.24) is 14.7 Å². The lowest BCUT2D eigenvalue weighted by atomic mass is 9.98. The van der Waals surface area contributed by atoms with Gasteiger partial charge in [0.1, 0.15) is 0 Å². The molecule has 3 aromatic heterocycles. The zero-order valence-electron chi connectivity index (χ0n) is 17.3. The third kappa shape index (κ3) is 5.26. The maximum Gasteiger partial charge on any atom is 0.258 e. The molecule has 0 saturated heterocycles. The molecule has 0 saturated carbocycles. The van der Waals surface area contributed by atoms with Crippen LogP contribution in [0.25, 0.3) is 4.96 Å². The fourth-order valence-corrected chi connectivity index (χ4v) is 5.53. The summed E-state index contributed by atoms with van der Waals surface area (Å²) in [6, 6.07) is 13.9. The summed E-state index contributed by atoms with van der Waals surface area (Å²) in [6.45, 7) is 4.34. The Balaban J connectivity index is 1.41. The molecule has 0 radical (unpaired) electrons. The summed E-state index contributed by atoms with van der Waals surface area (Å²) in [5.74, 6) is 1.25. The molecule has 160 valence electrons. The van der Waals surface area contributed by atoms with Crippen LogP contribution in [-0.4, -0.2) is 21.0 Å². The second-order valence-corrected chi connectivity index (χ2v) is 10.3. The predicted molar refractivity (Wildman–Crippen MR) is 130 cm³/mol. The van der Waals surface area contributed by atoms with Crippen molar-refractivity contribution in [3.63, 3.8) is 0 Å². The molecular formula is C23H23N3O2S3. The molecule has 1 aromatic carbocycles. The lowest BCUT2D eigenvalue weighted by Crippen LogP contribution is -2.30. The van der Waals surface area contributed by atoms with Crippen LogP contribution in [0.5, 0.6) is 0 Å². The number of rotatable bonds is 8. The van der Waals surface area contributed by atoms with Gasteiger partial charge in [0.15, 0.2) is 4.96 Å². The quantitative estimate of drug-likeness (QED) is 0.391. The molecule has 0 spiro atoms. The average molecular weight is 470 g/mol. The van der Waals surface area contributed by atoms with E-state index in [0.29, 0.717) is 28.1 Å². The molecule has 4 rings (SSSR count). The van der Waals surface area contributed by atoms with Gasteiger partial charge in [-0.3, -0.25) is 14.0 Å². The van der Waals surface area contributed by atoms with Crippen LogP contribution >= 0.6 is 34.4 Å². The normalized spacial score (nSPS) is 12.4. The lowest BCUT2D eigenvalue weighted by Gasteiger charge is -2.19. The molecule has 5 nitrogen and oxygen atoms in total. The standard InChI is InChI=1S/C23H23N3O2S3/c1-15(2)16-5-7-17(8-6-16)22(19-4-3-10-30-19)25-20(27)14-29-13-18-12-21(28)26-9-11-31-23(26)24-18/h3-12,15,22H,13-14H2,1-2H3,(H,25,27). The minimum atomic E-state index is -0.167. The molecule has 0 bridgehead atoms. The van der Waals surface area contributed by atoms with Crippen molar-refractivity contribution in [3.8, 4) is 0 Å². The van der Waals surface area contributed by atoms with E-state index >= 15 is 0 Å². The van der Waals surface area contributed by atoms with Crippen LogP contribution < -0.4 is 10.9 Å². The highest BCUT2D eigenvalue weighted by molar-refractivity contribution is 7.99. The van der Waals surface area contributed by atoms with Crippen LogP contribution in [0.3, 0.4) is 0 Å². The monoisotopic (exact) mass is 469 g/mol. The number of thioether (sulfide) groups is 1. The van der Waals surface area contributed by atoms with Crippen LogP contribution in [0.1, 0.15) is 47.5 Å². The molecular weight excluding hydrogens is 446 g/mol. The Hall–Kier alpha value is -2.42. The van der Waals surface area contributed by atoms with Gasteiger partial charge in [-0.1, -0.05) is 44.2 Å². The topological polar surface area (TPSA) is 63.5 Å². The van der Waals surface area contributed by atoms with Gasteiger partial charge < -0.3 is 5.32 Å². The van der Waals surface area contributed by atoms with Crippen LogP contribution in [0, 0.1) is 0 Å². The molecule has 3 heterocycles. The molecule has 0 fully saturated rings. The molecule has 31 heavy (non-hydrogen) atoms. The second-order valence-electron chi connectivity index (χ2n) is 7.47. The van der Waals surface area contributed by atoms with E-state index in [4.69, 9.17) is 0 Å². The fourth-order valence-electron chi connectivity index (χ4n) is 3.26. The van der Waals surface area contributed by atoms with E-state index in [1.807, 2.05) is 22.9 Å². The lowest BCUT2D eigenvalue weighted by molar-refractivity contribution is -0.119. The van der Waals surface area contributed by atoms with Crippen molar-refractivity contribution in [2.75, 3.05) is 5.75 Å². The van der Waals surface area contributed by atoms with E-state index in [2.05, 4.69) is 48.4 Å². The molecule has 4 aromatic rings. The Morgan fingerprint density at radius 2 is 1.90 bits per heavy atom. The number of benzene rings is 1. The van der Waals surface area contributed by atoms with Gasteiger partial charge in [-0.25, -0.2) is 4.98 Å². The van der Waals surface area contributed by atoms with Gasteiger partial charge in [0.05, 0.1) is 17.5 Å². The van der Waals surface area contributed by atoms with Crippen molar-refractivity contribution in [3.05, 3.63) is 91.5 Å². The third-order valence-corrected chi connectivity index (χ3v) is 7.57. The first-order valence-corrected chi connectivity index (χ1v) is 12.9. The minimum Gasteiger partial charge on any atom is -0.344 e. The highest BCUT2D eigenvalue weighted by Crippen LogP contribution is 2.27. The summed E-state index contributed by atoms with van der Waals surface area (Å²) >= 11 is 4.52. The number of thiazole rings is 1. The SMILES string of the molecule is CC(C)c1ccc(C(NC(=O)CSCc2cc(=O)n3ccsc3n2)c2cccs2)cc1. The summed E-state index contributed by atoms with van der Waals surface area (Å²) in [6.07, 6.45) is 1.72. The second kappa shape index (κ2) is 9.80. The van der Waals surface area contributed by atoms with Crippen LogP contribution in [-0.2, 0) is 10.5 Å². The summed E-state index contributed by atoms with van der Waals surface area (Å²) in [4.78, 5) is 31.1. The van der Waals surface area contributed by atoms with E-state index < -0.39 is 0 Å². The number of amides is 1. The Labute approximate surface area is 193 Å². The summed E-state index contributed by atoms with van der Waals surface area (Å²) in [7, 11) is 0. The van der Waals surface area contributed by atoms with E-state index in [-0.39, 0.29) is 17.5 Å². The predicted octanol–water partition coefficient (Wildman–Crippen LogP) is 5.08. The van der Waals surface area contributed by atoms with Crippen LogP contribution in [0.15, 0.2) is 64.2 Å². The number of nitrogens with one attached hydrogen (secondary N) is 1. The number of aromatic nitrogens is 2. The number of nitrogens with zero attached hydrogens (tertiary/aromatic N) is 2. The van der Waals surface area contributed by atoms with Gasteiger partial charge in [-0.2, -0.15) is 0 Å². The van der Waals surface area contributed by atoms with Gasteiger partial charge in [0.2, 0.25) is 5.91 Å². The highest BCUT2D eigenvalue weighted by atomic mass is 32.2. The number of thiophene rings is 1. The summed E-state index contributed by atoms with van der Waals surface area (Å²) in [5.41, 5.74) is 2.96. The van der Waals surface area contributed by atoms with E-state index in [0.717, 1.165) is 10.4 Å². The molecule has 0 aliphatic heterocycles. The van der Waals surface area contributed by atoms with Crippen LogP contribution in [0.4, 0.5) is 0 Å². The van der Waals surface area contributed by atoms with Gasteiger partial charge in [-0.05, 0) is 28.5 Å². The summed E-state index contributed by atoms with van der Waals surface area (Å²) in [5, 5.41) is 7.04. The van der Waals surface area contributed by atoms with Crippen molar-refractivity contribution >= 4 is 45.3 Å². The highest BCUT2D eigenvalue weighted by Gasteiger charge is 2.18. The Morgan fingerprint density at radius 1 is 1.13 bits per heavy atom. The molecule has 1 atom stereocenters. The van der Waals surface area contributed by atoms with Crippen molar-refractivity contribution in [1.29, 1.82) is 0 Å². The number of carbonyl (C=O) groups excluding carboxylic acids is 1. The third-order valence-electron chi connectivity index (χ3n) is 4.91. The minimum absolute atomic E-state index is 0.0368. The molecule has 0 aliphatic rings. The number of hydrogen-bond acceptors (Lipinski definition) is 6. The first kappa shape index (κ1) is 21.8. The fraction of sp³-hybridized carbons (Fsp3) is 0.261. The van der Waals surface area contributed by atoms with E-state index in [9.17, 15) is 9.59 Å². The van der Waals surface area contributed by atoms with Gasteiger partial charge in [-0.15, -0.1) is 34.4 Å². The first-order chi connectivity index (χ1) is 15.0. The van der Waals surface area contributed by atoms with Gasteiger partial charge in [0, 0.05) is 28.3 Å². The van der Waals surface area contributed by atoms with Crippen molar-refractivity contribution in [2.45, 2.75) is 31.6 Å². The number of fused-ring (bicyclic) bond motifs is 1. The maximum absolute atomic E-state index is 12.7. The van der Waals surface area contributed by atoms with E-state index in [1.54, 1.807) is 17.5 Å². The zero-order chi connectivity index (χ0) is 21.8. The molecule has 1 amide bonds. The molecule has 1 N–H and O–H groups in total. The smallest absolute Gasteiger partial charge is 0.258 e. The number of carbonyl (C=O) groups is 1. The average Bonchev–Trinajstić information content (AvgIpc) is 3.44. The zero-order valence-corrected chi connectivity index (χ0v) is 19.7. The first-order valence-electron chi connectivity index (χ1n) is 9.97. The Morgan fingerprint density at radius 3 is 2.61 bits per heavy atom. The molecule has 8 heteroatoms. The van der Waals surface area contributed by atoms with Crippen LogP contribution in [0.2, 0.25) is 0 Å². The van der Waals surface area contributed by atoms with Gasteiger partial charge in [0.25, 0.3) is 5.56 Å². The largest absolute Gasteiger partial charge is 0.344 e.